The lowest BCUT2D eigenvalue weighted by molar-refractivity contribution is -0.571. The van der Waals surface area contributed by atoms with E-state index < -0.39 is 60.4 Å². The Kier molecular flexibility index (Phi) is 5.59. The van der Waals surface area contributed by atoms with Crippen LogP contribution in [-0.2, 0) is 0 Å². The van der Waals surface area contributed by atoms with Crippen LogP contribution in [0.2, 0.25) is 0 Å². The first-order chi connectivity index (χ1) is 33.4. The molecule has 0 atom stereocenters. The van der Waals surface area contributed by atoms with E-state index >= 15 is 0 Å². The van der Waals surface area contributed by atoms with Crippen molar-refractivity contribution in [1.29, 1.82) is 0 Å². The number of hydrogen-bond donors (Lipinski definition) is 0. The molecule has 0 spiro atoms. The molecule has 3 aromatic heterocycles. The van der Waals surface area contributed by atoms with Crippen molar-refractivity contribution in [2.45, 2.75) is 0 Å². The van der Waals surface area contributed by atoms with E-state index in [0.29, 0.717) is 28.2 Å². The van der Waals surface area contributed by atoms with Gasteiger partial charge in [-0.1, -0.05) is 139 Å². The topological polar surface area (TPSA) is 39.1 Å². The van der Waals surface area contributed by atoms with Gasteiger partial charge in [0.1, 0.15) is 11.5 Å². The average Bonchev–Trinajstić information content (AvgIpc) is 3.88. The Labute approximate surface area is 355 Å². The van der Waals surface area contributed by atoms with Crippen LogP contribution in [-0.4, -0.2) is 21.0 Å². The van der Waals surface area contributed by atoms with Gasteiger partial charge in [0.2, 0.25) is 0 Å². The fourth-order valence-electron chi connectivity index (χ4n) is 8.54. The third-order valence-electron chi connectivity index (χ3n) is 11.0. The lowest BCUT2D eigenvalue weighted by Crippen LogP contribution is -2.45. The highest BCUT2D eigenvalue weighted by atomic mass is 16.5. The molecule has 7 aromatic carbocycles. The van der Waals surface area contributed by atoms with Gasteiger partial charge in [-0.3, -0.25) is 13.7 Å². The van der Waals surface area contributed by atoms with Gasteiger partial charge in [0.15, 0.2) is 5.82 Å². The summed E-state index contributed by atoms with van der Waals surface area (Å²) in [5.74, 6) is 4.11. The van der Waals surface area contributed by atoms with Gasteiger partial charge >= 0.3 is 6.85 Å². The predicted octanol–water partition coefficient (Wildman–Crippen LogP) is 11.0. The summed E-state index contributed by atoms with van der Waals surface area (Å²) in [5, 5.41) is 2.15. The van der Waals surface area contributed by atoms with Crippen molar-refractivity contribution in [2.24, 2.45) is 0 Å². The number of nitrogens with zero attached hydrogens (tertiary/aromatic N) is 5. The molecule has 0 N–H and O–H groups in total. The molecule has 0 aliphatic carbocycles. The van der Waals surface area contributed by atoms with Crippen LogP contribution in [0.1, 0.15) is 13.7 Å². The minimum absolute atomic E-state index is 0.0218. The van der Waals surface area contributed by atoms with Gasteiger partial charge in [0.25, 0.3) is 6.33 Å². The van der Waals surface area contributed by atoms with Crippen LogP contribution in [0.3, 0.4) is 0 Å². The SMILES string of the molecule is [2H]c1c([2H])c([2H])c(-c2cccc(-c3c([2H])c([2H])c([2H])c([2H])c3[2H])c2-[n+]2[c-]n(-c3cccc(Oc4ccc5c6cccc7c6n(c5c4)-c4ncccc4N4C=CC=CB74)c3)c3ccccc32)c([2H])c1[2H]. The summed E-state index contributed by atoms with van der Waals surface area (Å²) in [6.45, 7) is -0.0218. The minimum atomic E-state index is -0.565. The van der Waals surface area contributed by atoms with Gasteiger partial charge in [-0.05, 0) is 82.5 Å². The molecule has 5 heterocycles. The molecule has 0 amide bonds. The van der Waals surface area contributed by atoms with Crippen molar-refractivity contribution in [3.63, 3.8) is 0 Å². The first kappa shape index (κ1) is 24.7. The summed E-state index contributed by atoms with van der Waals surface area (Å²) >= 11 is 0. The minimum Gasteiger partial charge on any atom is -0.458 e. The lowest BCUT2D eigenvalue weighted by Gasteiger charge is -2.27. The number of hydrogen-bond acceptors (Lipinski definition) is 3. The molecule has 12 rings (SSSR count). The van der Waals surface area contributed by atoms with Gasteiger partial charge < -0.3 is 9.55 Å². The number of fused-ring (bicyclic) bond motifs is 9. The van der Waals surface area contributed by atoms with E-state index in [2.05, 4.69) is 64.3 Å². The Bertz CT molecular complexity index is 3800. The largest absolute Gasteiger partial charge is 0.458 e. The molecule has 7 heteroatoms. The molecule has 0 saturated carbocycles. The molecule has 0 bridgehead atoms. The average molecular weight is 766 g/mol. The fourth-order valence-corrected chi connectivity index (χ4v) is 8.54. The second-order valence-corrected chi connectivity index (χ2v) is 14.2. The van der Waals surface area contributed by atoms with E-state index in [-0.39, 0.29) is 34.8 Å². The standard InChI is InChI=1S/C52H34BN5O/c1-3-15-36(16-4-1)41-21-12-22-42(37-17-5-2-6-18-37)50(41)56-35-55(46-25-7-8-26-47(46)56)38-19-11-20-39(33-38)59-40-28-29-43-44-23-13-24-45-51(44)58(49(43)34-40)52-48(27-14-31-54-52)57-32-10-9-30-53(45)57/h1-34H/i1D,2D,3D,4D,5D,6D,15D,16D,17D,18D. The Hall–Kier alpha value is -7.90. The van der Waals surface area contributed by atoms with Gasteiger partial charge in [-0.25, -0.2) is 4.98 Å². The van der Waals surface area contributed by atoms with Gasteiger partial charge in [0, 0.05) is 23.0 Å². The number of para-hydroxylation sites is 4. The van der Waals surface area contributed by atoms with Crippen molar-refractivity contribution < 1.29 is 23.0 Å². The summed E-state index contributed by atoms with van der Waals surface area (Å²) in [6.07, 6.45) is 11.5. The molecule has 2 aliphatic heterocycles. The number of ether oxygens (including phenoxy) is 1. The van der Waals surface area contributed by atoms with Crippen molar-refractivity contribution in [3.05, 3.63) is 213 Å². The zero-order valence-electron chi connectivity index (χ0n) is 41.1. The molecule has 10 aromatic rings. The first-order valence-corrected chi connectivity index (χ1v) is 19.1. The third kappa shape index (κ3) is 5.29. The number of benzene rings is 7. The quantitative estimate of drug-likeness (QED) is 0.0961. The summed E-state index contributed by atoms with van der Waals surface area (Å²) in [7, 11) is 0. The second kappa shape index (κ2) is 13.4. The third-order valence-corrected chi connectivity index (χ3v) is 11.0. The molecule has 0 fully saturated rings. The van der Waals surface area contributed by atoms with Crippen LogP contribution >= 0.6 is 0 Å². The van der Waals surface area contributed by atoms with E-state index in [9.17, 15) is 0 Å². The monoisotopic (exact) mass is 765 g/mol. The highest BCUT2D eigenvalue weighted by molar-refractivity contribution is 6.84. The van der Waals surface area contributed by atoms with Crippen molar-refractivity contribution in [3.8, 4) is 50.9 Å². The molecule has 0 unspecified atom stereocenters. The number of pyridine rings is 1. The van der Waals surface area contributed by atoms with Crippen molar-refractivity contribution >= 4 is 50.8 Å². The van der Waals surface area contributed by atoms with E-state index in [1.807, 2.05) is 79.0 Å². The Morgan fingerprint density at radius 1 is 0.661 bits per heavy atom. The van der Waals surface area contributed by atoms with Crippen LogP contribution in [0.25, 0.3) is 72.3 Å². The summed E-state index contributed by atoms with van der Waals surface area (Å²) in [6, 6.07) is 30.9. The number of aromatic nitrogens is 4. The zero-order valence-corrected chi connectivity index (χ0v) is 31.1. The summed E-state index contributed by atoms with van der Waals surface area (Å²) in [5.41, 5.74) is 6.22. The van der Waals surface area contributed by atoms with Gasteiger partial charge in [0.05, 0.1) is 52.8 Å². The molecular weight excluding hydrogens is 721 g/mol. The maximum absolute atomic E-state index is 9.01. The molecule has 276 valence electrons. The summed E-state index contributed by atoms with van der Waals surface area (Å²) in [4.78, 5) is 7.19. The molecule has 0 saturated heterocycles. The van der Waals surface area contributed by atoms with Crippen LogP contribution in [0, 0.1) is 6.33 Å². The predicted molar refractivity (Wildman–Crippen MR) is 239 cm³/mol. The maximum Gasteiger partial charge on any atom is 0.322 e. The van der Waals surface area contributed by atoms with Crippen molar-refractivity contribution in [2.75, 3.05) is 4.81 Å². The van der Waals surface area contributed by atoms with Gasteiger partial charge in [-0.2, -0.15) is 0 Å². The second-order valence-electron chi connectivity index (χ2n) is 14.2. The Balaban J connectivity index is 1.03. The van der Waals surface area contributed by atoms with Crippen LogP contribution in [0.5, 0.6) is 11.5 Å². The molecule has 0 radical (unpaired) electrons. The Morgan fingerprint density at radius 3 is 2.25 bits per heavy atom. The van der Waals surface area contributed by atoms with Crippen LogP contribution in [0.15, 0.2) is 206 Å². The van der Waals surface area contributed by atoms with E-state index in [1.54, 1.807) is 27.3 Å². The molecule has 59 heavy (non-hydrogen) atoms. The summed E-state index contributed by atoms with van der Waals surface area (Å²) < 4.78 is 99.3. The smallest absolute Gasteiger partial charge is 0.322 e. The number of rotatable bonds is 6. The fraction of sp³-hybridized carbons (Fsp3) is 0. The van der Waals surface area contributed by atoms with Crippen LogP contribution < -0.4 is 19.6 Å². The lowest BCUT2D eigenvalue weighted by atomic mass is 9.53. The van der Waals surface area contributed by atoms with Crippen LogP contribution in [0.4, 0.5) is 5.69 Å². The highest BCUT2D eigenvalue weighted by Gasteiger charge is 2.33. The number of imidazole rings is 1. The highest BCUT2D eigenvalue weighted by Crippen LogP contribution is 2.40. The van der Waals surface area contributed by atoms with E-state index in [1.165, 1.54) is 0 Å². The number of allylic oxidation sites excluding steroid dienone is 2. The number of anilines is 1. The zero-order chi connectivity index (χ0) is 47.6. The van der Waals surface area contributed by atoms with E-state index in [0.717, 1.165) is 38.8 Å². The molecular formula is C52H34BN5O. The van der Waals surface area contributed by atoms with Gasteiger partial charge in [-0.15, -0.1) is 0 Å². The van der Waals surface area contributed by atoms with Crippen molar-refractivity contribution in [1.82, 2.24) is 14.1 Å². The van der Waals surface area contributed by atoms with E-state index in [4.69, 9.17) is 23.4 Å². The normalized spacial score (nSPS) is 15.3. The molecule has 6 nitrogen and oxygen atoms in total. The first-order valence-electron chi connectivity index (χ1n) is 24.1. The Morgan fingerprint density at radius 2 is 1.42 bits per heavy atom. The molecule has 2 aliphatic rings. The maximum atomic E-state index is 9.01.